The average molecular weight is 360 g/mol. The predicted octanol–water partition coefficient (Wildman–Crippen LogP) is 3.40. The Labute approximate surface area is 146 Å². The van der Waals surface area contributed by atoms with Crippen molar-refractivity contribution in [2.75, 3.05) is 23.7 Å². The van der Waals surface area contributed by atoms with Crippen LogP contribution in [0.25, 0.3) is 0 Å². The quantitative estimate of drug-likeness (QED) is 0.701. The molecule has 7 heteroatoms. The largest absolute Gasteiger partial charge is 0.298 e. The van der Waals surface area contributed by atoms with E-state index in [9.17, 15) is 9.59 Å². The van der Waals surface area contributed by atoms with Crippen molar-refractivity contribution >= 4 is 40.8 Å². The number of nitrogens with zero attached hydrogens (tertiary/aromatic N) is 3. The van der Waals surface area contributed by atoms with Crippen molar-refractivity contribution in [2.45, 2.75) is 51.4 Å². The number of carbonyl (C=O) groups is 2. The van der Waals surface area contributed by atoms with Crippen molar-refractivity contribution in [3.63, 3.8) is 0 Å². The Hall–Kier alpha value is -1.07. The first-order chi connectivity index (χ1) is 11.1. The highest BCUT2D eigenvalue weighted by Crippen LogP contribution is 2.30. The molecule has 0 bridgehead atoms. The third-order valence-electron chi connectivity index (χ3n) is 4.14. The Balaban J connectivity index is 2.27. The minimum absolute atomic E-state index is 0.0168. The zero-order valence-electron chi connectivity index (χ0n) is 13.5. The molecule has 0 unspecified atom stereocenters. The van der Waals surface area contributed by atoms with Crippen LogP contribution in [0.4, 0.5) is 5.82 Å². The molecule has 0 aromatic carbocycles. The Morgan fingerprint density at radius 1 is 1.13 bits per heavy atom. The van der Waals surface area contributed by atoms with Crippen LogP contribution in [0.15, 0.2) is 0 Å². The molecule has 5 nitrogen and oxygen atoms in total. The van der Waals surface area contributed by atoms with E-state index >= 15 is 0 Å². The van der Waals surface area contributed by atoms with Gasteiger partial charge in [-0.3, -0.25) is 14.5 Å². The SMILES string of the molecule is CN(C(=O)CCCCl)c1nn(C(=O)CCCCl)c2c1CCCC2. The molecule has 0 saturated heterocycles. The van der Waals surface area contributed by atoms with Gasteiger partial charge in [-0.1, -0.05) is 0 Å². The summed E-state index contributed by atoms with van der Waals surface area (Å²) in [6.07, 6.45) is 5.84. The summed E-state index contributed by atoms with van der Waals surface area (Å²) >= 11 is 11.3. The summed E-state index contributed by atoms with van der Waals surface area (Å²) in [5, 5.41) is 4.47. The highest BCUT2D eigenvalue weighted by atomic mass is 35.5. The van der Waals surface area contributed by atoms with Crippen LogP contribution < -0.4 is 4.90 Å². The van der Waals surface area contributed by atoms with Gasteiger partial charge in [-0.15, -0.1) is 28.3 Å². The normalized spacial score (nSPS) is 13.7. The molecule has 0 fully saturated rings. The number of carbonyl (C=O) groups excluding carboxylic acids is 2. The molecule has 0 saturated carbocycles. The van der Waals surface area contributed by atoms with E-state index in [0.29, 0.717) is 43.3 Å². The number of anilines is 1. The van der Waals surface area contributed by atoms with Gasteiger partial charge in [0, 0.05) is 37.2 Å². The van der Waals surface area contributed by atoms with Crippen molar-refractivity contribution in [3.8, 4) is 0 Å². The molecule has 0 aliphatic heterocycles. The van der Waals surface area contributed by atoms with Gasteiger partial charge in [-0.05, 0) is 38.5 Å². The lowest BCUT2D eigenvalue weighted by atomic mass is 9.97. The van der Waals surface area contributed by atoms with E-state index in [1.807, 2.05) is 0 Å². The molecule has 1 heterocycles. The summed E-state index contributed by atoms with van der Waals surface area (Å²) in [7, 11) is 1.72. The minimum atomic E-state index is -0.0448. The second-order valence-electron chi connectivity index (χ2n) is 5.80. The Morgan fingerprint density at radius 2 is 1.78 bits per heavy atom. The van der Waals surface area contributed by atoms with Crippen molar-refractivity contribution < 1.29 is 9.59 Å². The molecule has 1 aromatic rings. The van der Waals surface area contributed by atoms with Gasteiger partial charge in [0.15, 0.2) is 5.82 Å². The monoisotopic (exact) mass is 359 g/mol. The lowest BCUT2D eigenvalue weighted by Crippen LogP contribution is -2.27. The molecule has 23 heavy (non-hydrogen) atoms. The first-order valence-corrected chi connectivity index (χ1v) is 9.19. The van der Waals surface area contributed by atoms with Crippen LogP contribution in [-0.2, 0) is 17.6 Å². The maximum absolute atomic E-state index is 12.4. The van der Waals surface area contributed by atoms with E-state index in [4.69, 9.17) is 23.2 Å². The third kappa shape index (κ3) is 4.27. The molecular formula is C16H23Cl2N3O2. The summed E-state index contributed by atoms with van der Waals surface area (Å²) < 4.78 is 1.50. The van der Waals surface area contributed by atoms with Gasteiger partial charge >= 0.3 is 0 Å². The highest BCUT2D eigenvalue weighted by molar-refractivity contribution is 6.18. The Bertz CT molecular complexity index is 572. The third-order valence-corrected chi connectivity index (χ3v) is 4.67. The molecule has 0 spiro atoms. The van der Waals surface area contributed by atoms with Gasteiger partial charge in [-0.25, -0.2) is 4.68 Å². The van der Waals surface area contributed by atoms with Crippen molar-refractivity contribution in [2.24, 2.45) is 0 Å². The van der Waals surface area contributed by atoms with Crippen molar-refractivity contribution in [1.29, 1.82) is 0 Å². The first-order valence-electron chi connectivity index (χ1n) is 8.12. The molecule has 0 radical (unpaired) electrons. The number of hydrogen-bond acceptors (Lipinski definition) is 3. The minimum Gasteiger partial charge on any atom is -0.298 e. The van der Waals surface area contributed by atoms with E-state index in [2.05, 4.69) is 5.10 Å². The fourth-order valence-corrected chi connectivity index (χ4v) is 3.15. The topological polar surface area (TPSA) is 55.2 Å². The van der Waals surface area contributed by atoms with Crippen LogP contribution in [0.5, 0.6) is 0 Å². The van der Waals surface area contributed by atoms with Gasteiger partial charge in [-0.2, -0.15) is 0 Å². The number of hydrogen-bond donors (Lipinski definition) is 0. The maximum atomic E-state index is 12.4. The average Bonchev–Trinajstić information content (AvgIpc) is 2.96. The fraction of sp³-hybridized carbons (Fsp3) is 0.688. The van der Waals surface area contributed by atoms with Crippen LogP contribution in [-0.4, -0.2) is 40.4 Å². The molecule has 1 amide bonds. The number of rotatable bonds is 7. The molecule has 2 rings (SSSR count). The lowest BCUT2D eigenvalue weighted by Gasteiger charge is -2.18. The van der Waals surface area contributed by atoms with Gasteiger partial charge in [0.2, 0.25) is 11.8 Å². The summed E-state index contributed by atoms with van der Waals surface area (Å²) in [5.74, 6) is 1.48. The van der Waals surface area contributed by atoms with Crippen molar-refractivity contribution in [3.05, 3.63) is 11.3 Å². The van der Waals surface area contributed by atoms with Crippen LogP contribution >= 0.6 is 23.2 Å². The summed E-state index contributed by atoms with van der Waals surface area (Å²) in [6, 6.07) is 0. The molecule has 0 N–H and O–H groups in total. The van der Waals surface area contributed by atoms with E-state index < -0.39 is 0 Å². The molecule has 1 aliphatic rings. The molecule has 128 valence electrons. The van der Waals surface area contributed by atoms with Crippen LogP contribution in [0.2, 0.25) is 0 Å². The Morgan fingerprint density at radius 3 is 2.48 bits per heavy atom. The fourth-order valence-electron chi connectivity index (χ4n) is 2.88. The van der Waals surface area contributed by atoms with E-state index in [1.54, 1.807) is 11.9 Å². The number of aromatic nitrogens is 2. The second-order valence-corrected chi connectivity index (χ2v) is 6.56. The maximum Gasteiger partial charge on any atom is 0.247 e. The number of alkyl halides is 2. The lowest BCUT2D eigenvalue weighted by molar-refractivity contribution is -0.118. The number of halogens is 2. The number of amides is 1. The van der Waals surface area contributed by atoms with Crippen LogP contribution in [0, 0.1) is 0 Å². The highest BCUT2D eigenvalue weighted by Gasteiger charge is 2.27. The Kier molecular flexibility index (Phi) is 6.90. The predicted molar refractivity (Wildman–Crippen MR) is 92.8 cm³/mol. The number of fused-ring (bicyclic) bond motifs is 1. The van der Waals surface area contributed by atoms with E-state index in [0.717, 1.165) is 36.9 Å². The summed E-state index contributed by atoms with van der Waals surface area (Å²) in [6.45, 7) is 0. The standard InChI is InChI=1S/C16H23Cl2N3O2/c1-20(14(22)8-4-10-17)16-12-6-2-3-7-13(12)21(19-16)15(23)9-5-11-18/h2-11H2,1H3. The van der Waals surface area contributed by atoms with E-state index in [-0.39, 0.29) is 11.8 Å². The van der Waals surface area contributed by atoms with Crippen LogP contribution in [0.3, 0.4) is 0 Å². The van der Waals surface area contributed by atoms with Gasteiger partial charge in [0.25, 0.3) is 0 Å². The molecule has 0 atom stereocenters. The zero-order chi connectivity index (χ0) is 16.8. The molecule has 1 aromatic heterocycles. The smallest absolute Gasteiger partial charge is 0.247 e. The van der Waals surface area contributed by atoms with Gasteiger partial charge in [0.1, 0.15) is 0 Å². The first kappa shape index (κ1) is 18.3. The summed E-state index contributed by atoms with van der Waals surface area (Å²) in [5.41, 5.74) is 2.00. The van der Waals surface area contributed by atoms with Gasteiger partial charge < -0.3 is 0 Å². The van der Waals surface area contributed by atoms with Crippen molar-refractivity contribution in [1.82, 2.24) is 9.78 Å². The molecular weight excluding hydrogens is 337 g/mol. The van der Waals surface area contributed by atoms with Gasteiger partial charge in [0.05, 0.1) is 5.69 Å². The van der Waals surface area contributed by atoms with E-state index in [1.165, 1.54) is 4.68 Å². The second kappa shape index (κ2) is 8.69. The summed E-state index contributed by atoms with van der Waals surface area (Å²) in [4.78, 5) is 26.2. The zero-order valence-corrected chi connectivity index (χ0v) is 15.0. The van der Waals surface area contributed by atoms with Crippen LogP contribution in [0.1, 0.15) is 54.6 Å². The molecule has 1 aliphatic carbocycles.